The van der Waals surface area contributed by atoms with Crippen LogP contribution in [0.25, 0.3) is 0 Å². The minimum absolute atomic E-state index is 0.116. The monoisotopic (exact) mass is 214 g/mol. The zero-order chi connectivity index (χ0) is 10.8. The lowest BCUT2D eigenvalue weighted by molar-refractivity contribution is -0.0982. The normalized spacial score (nSPS) is 57.9. The molecule has 84 valence electrons. The highest BCUT2D eigenvalue weighted by molar-refractivity contribution is 5.35. The van der Waals surface area contributed by atoms with Crippen LogP contribution >= 0.6 is 0 Å². The van der Waals surface area contributed by atoms with E-state index in [1.807, 2.05) is 0 Å². The Morgan fingerprint density at radius 1 is 1.53 bits per heavy atom. The average molecular weight is 214 g/mol. The van der Waals surface area contributed by atoms with Crippen LogP contribution in [0.4, 0.5) is 4.39 Å². The molecule has 0 aromatic rings. The van der Waals surface area contributed by atoms with Gasteiger partial charge in [0, 0.05) is 5.57 Å². The first-order chi connectivity index (χ1) is 6.93. The molecule has 0 amide bonds. The Kier molecular flexibility index (Phi) is 1.70. The van der Waals surface area contributed by atoms with Crippen LogP contribution in [0.2, 0.25) is 0 Å². The summed E-state index contributed by atoms with van der Waals surface area (Å²) in [6.07, 6.45) is 1.66. The Bertz CT molecular complexity index is 339. The number of rotatable bonds is 0. The first-order valence-electron chi connectivity index (χ1n) is 5.41. The molecule has 5 atom stereocenters. The summed E-state index contributed by atoms with van der Waals surface area (Å²) in [5.74, 6) is -0.116. The molecule has 1 saturated carbocycles. The van der Waals surface area contributed by atoms with Gasteiger partial charge in [-0.05, 0) is 38.2 Å². The zero-order valence-corrected chi connectivity index (χ0v) is 8.61. The van der Waals surface area contributed by atoms with E-state index in [2.05, 4.69) is 0 Å². The van der Waals surface area contributed by atoms with Crippen LogP contribution in [0.15, 0.2) is 11.6 Å². The van der Waals surface area contributed by atoms with E-state index in [-0.39, 0.29) is 12.0 Å². The molecule has 3 nitrogen and oxygen atoms in total. The molecule has 0 radical (unpaired) electrons. The van der Waals surface area contributed by atoms with Crippen LogP contribution in [-0.2, 0) is 4.74 Å². The predicted octanol–water partition coefficient (Wildman–Crippen LogP) is 0.903. The maximum Gasteiger partial charge on any atom is 0.180 e. The van der Waals surface area contributed by atoms with E-state index in [0.29, 0.717) is 18.4 Å². The molecule has 2 N–H and O–H groups in total. The number of aliphatic hydroxyl groups excluding tert-OH is 1. The number of aliphatic hydroxyl groups is 2. The molecule has 3 rings (SSSR count). The van der Waals surface area contributed by atoms with Crippen molar-refractivity contribution in [3.05, 3.63) is 11.6 Å². The Morgan fingerprint density at radius 3 is 3.00 bits per heavy atom. The van der Waals surface area contributed by atoms with Gasteiger partial charge in [0.2, 0.25) is 0 Å². The lowest BCUT2D eigenvalue weighted by atomic mass is 9.72. The Labute approximate surface area is 87.5 Å². The van der Waals surface area contributed by atoms with E-state index >= 15 is 0 Å². The third-order valence-corrected chi connectivity index (χ3v) is 4.01. The first kappa shape index (κ1) is 9.75. The van der Waals surface area contributed by atoms with Crippen molar-refractivity contribution < 1.29 is 19.3 Å². The van der Waals surface area contributed by atoms with E-state index in [9.17, 15) is 14.6 Å². The molecule has 0 aromatic heterocycles. The number of alkyl halides is 1. The maximum atomic E-state index is 14.0. The molecule has 3 aliphatic rings. The standard InChI is InChI=1S/C11H15FO3/c1-10(12)4-6-2-3-8-11(6,14)7(5-10)9(13)15-8/h5-6,8-9,13-14H,2-4H2,1H3/t6-,8-,9?,10+,11+/m1/s1. The van der Waals surface area contributed by atoms with Crippen molar-refractivity contribution in [1.29, 1.82) is 0 Å². The summed E-state index contributed by atoms with van der Waals surface area (Å²) in [7, 11) is 0. The molecule has 1 unspecified atom stereocenters. The largest absolute Gasteiger partial charge is 0.382 e. The number of ether oxygens (including phenoxy) is 1. The SMILES string of the molecule is C[C@@]1(F)C=C2C(O)O[C@@H]3CC[C@H](C1)[C@]23O. The van der Waals surface area contributed by atoms with Crippen molar-refractivity contribution in [3.8, 4) is 0 Å². The number of halogens is 1. The van der Waals surface area contributed by atoms with Crippen molar-refractivity contribution in [2.45, 2.75) is 49.9 Å². The van der Waals surface area contributed by atoms with E-state index < -0.39 is 17.6 Å². The third-order valence-electron chi connectivity index (χ3n) is 4.01. The van der Waals surface area contributed by atoms with Crippen LogP contribution in [0.1, 0.15) is 26.2 Å². The zero-order valence-electron chi connectivity index (χ0n) is 8.61. The molecule has 2 aliphatic carbocycles. The molecule has 0 aromatic carbocycles. The van der Waals surface area contributed by atoms with Gasteiger partial charge < -0.3 is 14.9 Å². The van der Waals surface area contributed by atoms with E-state index in [0.717, 1.165) is 6.42 Å². The van der Waals surface area contributed by atoms with Gasteiger partial charge in [-0.3, -0.25) is 0 Å². The van der Waals surface area contributed by atoms with Gasteiger partial charge in [-0.15, -0.1) is 0 Å². The molecule has 0 bridgehead atoms. The van der Waals surface area contributed by atoms with Crippen LogP contribution in [-0.4, -0.2) is 33.9 Å². The second-order valence-electron chi connectivity index (χ2n) is 5.16. The lowest BCUT2D eigenvalue weighted by Crippen LogP contribution is -2.47. The van der Waals surface area contributed by atoms with E-state index in [4.69, 9.17) is 4.74 Å². The maximum absolute atomic E-state index is 14.0. The van der Waals surface area contributed by atoms with Gasteiger partial charge in [0.15, 0.2) is 6.29 Å². The van der Waals surface area contributed by atoms with E-state index in [1.54, 1.807) is 0 Å². The fourth-order valence-electron chi connectivity index (χ4n) is 3.39. The Hall–Kier alpha value is -0.450. The summed E-state index contributed by atoms with van der Waals surface area (Å²) in [5.41, 5.74) is -2.20. The minimum Gasteiger partial charge on any atom is -0.382 e. The van der Waals surface area contributed by atoms with Crippen LogP contribution in [0.3, 0.4) is 0 Å². The fourth-order valence-corrected chi connectivity index (χ4v) is 3.39. The van der Waals surface area contributed by atoms with Gasteiger partial charge in [-0.1, -0.05) is 0 Å². The van der Waals surface area contributed by atoms with E-state index in [1.165, 1.54) is 13.0 Å². The predicted molar refractivity (Wildman–Crippen MR) is 50.8 cm³/mol. The lowest BCUT2D eigenvalue weighted by Gasteiger charge is -2.38. The summed E-state index contributed by atoms with van der Waals surface area (Å²) >= 11 is 0. The third kappa shape index (κ3) is 1.10. The molecule has 1 saturated heterocycles. The Morgan fingerprint density at radius 2 is 2.27 bits per heavy atom. The van der Waals surface area contributed by atoms with Gasteiger partial charge in [-0.25, -0.2) is 4.39 Å². The topological polar surface area (TPSA) is 49.7 Å². The molecule has 4 heteroatoms. The van der Waals surface area contributed by atoms with Gasteiger partial charge in [0.05, 0.1) is 6.10 Å². The van der Waals surface area contributed by atoms with Crippen LogP contribution < -0.4 is 0 Å². The molecule has 15 heavy (non-hydrogen) atoms. The number of allylic oxidation sites excluding steroid dienone is 1. The van der Waals surface area contributed by atoms with Crippen molar-refractivity contribution in [2.75, 3.05) is 0 Å². The fraction of sp³-hybridized carbons (Fsp3) is 0.818. The summed E-state index contributed by atoms with van der Waals surface area (Å²) in [6.45, 7) is 1.48. The minimum atomic E-state index is -1.43. The molecular formula is C11H15FO3. The molecule has 1 aliphatic heterocycles. The molecular weight excluding hydrogens is 199 g/mol. The van der Waals surface area contributed by atoms with Gasteiger partial charge in [0.25, 0.3) is 0 Å². The van der Waals surface area contributed by atoms with Gasteiger partial charge in [0.1, 0.15) is 11.3 Å². The molecule has 2 fully saturated rings. The summed E-state index contributed by atoms with van der Waals surface area (Å²) in [4.78, 5) is 0. The quantitative estimate of drug-likeness (QED) is 0.589. The highest BCUT2D eigenvalue weighted by Crippen LogP contribution is 2.55. The smallest absolute Gasteiger partial charge is 0.180 e. The Balaban J connectivity index is 2.12. The van der Waals surface area contributed by atoms with Gasteiger partial charge in [-0.2, -0.15) is 0 Å². The second kappa shape index (κ2) is 2.62. The summed E-state index contributed by atoms with van der Waals surface area (Å²) in [5, 5.41) is 20.1. The van der Waals surface area contributed by atoms with Gasteiger partial charge >= 0.3 is 0 Å². The van der Waals surface area contributed by atoms with Crippen LogP contribution in [0.5, 0.6) is 0 Å². The molecule has 0 spiro atoms. The van der Waals surface area contributed by atoms with Crippen molar-refractivity contribution >= 4 is 0 Å². The number of hydrogen-bond acceptors (Lipinski definition) is 3. The molecule has 1 heterocycles. The average Bonchev–Trinajstić information content (AvgIpc) is 2.54. The number of hydrogen-bond donors (Lipinski definition) is 2. The summed E-state index contributed by atoms with van der Waals surface area (Å²) < 4.78 is 19.2. The highest BCUT2D eigenvalue weighted by Gasteiger charge is 2.62. The van der Waals surface area contributed by atoms with Crippen molar-refractivity contribution in [2.24, 2.45) is 5.92 Å². The second-order valence-corrected chi connectivity index (χ2v) is 5.16. The van der Waals surface area contributed by atoms with Crippen molar-refractivity contribution in [3.63, 3.8) is 0 Å². The first-order valence-corrected chi connectivity index (χ1v) is 5.41. The van der Waals surface area contributed by atoms with Crippen molar-refractivity contribution in [1.82, 2.24) is 0 Å². The highest BCUT2D eigenvalue weighted by atomic mass is 19.1. The van der Waals surface area contributed by atoms with Crippen LogP contribution in [0, 0.1) is 5.92 Å². The summed E-state index contributed by atoms with van der Waals surface area (Å²) in [6, 6.07) is 0.